The minimum atomic E-state index is 0.187. The van der Waals surface area contributed by atoms with Gasteiger partial charge in [0.15, 0.2) is 0 Å². The van der Waals surface area contributed by atoms with Gasteiger partial charge in [0, 0.05) is 31.9 Å². The maximum atomic E-state index is 6.22. The van der Waals surface area contributed by atoms with E-state index in [1.54, 1.807) is 0 Å². The zero-order chi connectivity index (χ0) is 14.3. The number of fused-ring (bicyclic) bond motifs is 1. The molecule has 1 saturated heterocycles. The molecule has 0 spiro atoms. The molecule has 108 valence electrons. The molecular formula is C16H24N4. The summed E-state index contributed by atoms with van der Waals surface area (Å²) in [6, 6.07) is 6.47. The summed E-state index contributed by atoms with van der Waals surface area (Å²) in [6.45, 7) is 9.71. The number of aromatic nitrogens is 2. The summed E-state index contributed by atoms with van der Waals surface area (Å²) in [5, 5.41) is 0. The number of nitrogens with two attached hydrogens (primary N) is 1. The molecular weight excluding hydrogens is 248 g/mol. The number of rotatable bonds is 2. The van der Waals surface area contributed by atoms with Crippen LogP contribution in [0.5, 0.6) is 0 Å². The molecule has 0 aliphatic carbocycles. The second-order valence-corrected chi connectivity index (χ2v) is 6.67. The van der Waals surface area contributed by atoms with Gasteiger partial charge in [0.1, 0.15) is 5.65 Å². The zero-order valence-corrected chi connectivity index (χ0v) is 12.6. The molecule has 0 bridgehead atoms. The van der Waals surface area contributed by atoms with Crippen molar-refractivity contribution in [3.63, 3.8) is 0 Å². The molecule has 20 heavy (non-hydrogen) atoms. The van der Waals surface area contributed by atoms with E-state index < -0.39 is 0 Å². The molecule has 2 N–H and O–H groups in total. The summed E-state index contributed by atoms with van der Waals surface area (Å²) in [6.07, 6.45) is 3.17. The van der Waals surface area contributed by atoms with Crippen LogP contribution in [0.4, 0.5) is 0 Å². The van der Waals surface area contributed by atoms with E-state index in [-0.39, 0.29) is 5.41 Å². The van der Waals surface area contributed by atoms with Gasteiger partial charge in [0.25, 0.3) is 0 Å². The molecule has 0 amide bonds. The third-order valence-corrected chi connectivity index (χ3v) is 4.59. The van der Waals surface area contributed by atoms with E-state index in [1.165, 1.54) is 5.69 Å². The third kappa shape index (κ3) is 2.34. The highest BCUT2D eigenvalue weighted by atomic mass is 15.2. The molecule has 3 rings (SSSR count). The number of pyridine rings is 1. The van der Waals surface area contributed by atoms with Gasteiger partial charge in [-0.1, -0.05) is 19.9 Å². The van der Waals surface area contributed by atoms with Gasteiger partial charge in [0.05, 0.1) is 11.4 Å². The molecule has 1 aliphatic heterocycles. The van der Waals surface area contributed by atoms with Crippen molar-refractivity contribution in [1.29, 1.82) is 0 Å². The second-order valence-electron chi connectivity index (χ2n) is 6.67. The Morgan fingerprint density at radius 2 is 2.20 bits per heavy atom. The van der Waals surface area contributed by atoms with E-state index in [0.29, 0.717) is 6.04 Å². The van der Waals surface area contributed by atoms with Crippen molar-refractivity contribution in [2.45, 2.75) is 39.8 Å². The van der Waals surface area contributed by atoms with Crippen molar-refractivity contribution < 1.29 is 0 Å². The fourth-order valence-electron chi connectivity index (χ4n) is 3.19. The monoisotopic (exact) mass is 272 g/mol. The fourth-order valence-corrected chi connectivity index (χ4v) is 3.19. The third-order valence-electron chi connectivity index (χ3n) is 4.59. The Morgan fingerprint density at radius 1 is 1.40 bits per heavy atom. The Labute approximate surface area is 120 Å². The van der Waals surface area contributed by atoms with Crippen LogP contribution in [0.2, 0.25) is 0 Å². The van der Waals surface area contributed by atoms with Gasteiger partial charge >= 0.3 is 0 Å². The summed E-state index contributed by atoms with van der Waals surface area (Å²) in [5.41, 5.74) is 9.87. The van der Waals surface area contributed by atoms with Gasteiger partial charge in [-0.15, -0.1) is 0 Å². The summed E-state index contributed by atoms with van der Waals surface area (Å²) in [7, 11) is 0. The van der Waals surface area contributed by atoms with Crippen molar-refractivity contribution >= 4 is 5.65 Å². The molecule has 0 radical (unpaired) electrons. The molecule has 4 nitrogen and oxygen atoms in total. The van der Waals surface area contributed by atoms with Crippen molar-refractivity contribution in [3.05, 3.63) is 35.8 Å². The van der Waals surface area contributed by atoms with Crippen molar-refractivity contribution in [3.8, 4) is 0 Å². The standard InChI is InChI=1S/C16H24N4/c1-12-13(20-8-5-4-6-15(20)18-12)10-19-9-7-14(17)16(2,3)11-19/h4-6,8,14H,7,9-11,17H2,1-3H3. The smallest absolute Gasteiger partial charge is 0.137 e. The Balaban J connectivity index is 1.85. The van der Waals surface area contributed by atoms with E-state index >= 15 is 0 Å². The highest BCUT2D eigenvalue weighted by Gasteiger charge is 2.33. The van der Waals surface area contributed by atoms with Crippen LogP contribution < -0.4 is 5.73 Å². The van der Waals surface area contributed by atoms with Gasteiger partial charge < -0.3 is 10.1 Å². The number of aryl methyl sites for hydroxylation is 1. The number of hydrogen-bond donors (Lipinski definition) is 1. The lowest BCUT2D eigenvalue weighted by molar-refractivity contribution is 0.0885. The molecule has 4 heteroatoms. The number of nitrogens with zero attached hydrogens (tertiary/aromatic N) is 3. The second kappa shape index (κ2) is 4.86. The number of piperidine rings is 1. The van der Waals surface area contributed by atoms with Crippen LogP contribution in [0, 0.1) is 12.3 Å². The molecule has 3 heterocycles. The Morgan fingerprint density at radius 3 is 2.95 bits per heavy atom. The Kier molecular flexibility index (Phi) is 3.30. The quantitative estimate of drug-likeness (QED) is 0.911. The molecule has 0 aromatic carbocycles. The van der Waals surface area contributed by atoms with E-state index in [9.17, 15) is 0 Å². The van der Waals surface area contributed by atoms with Crippen LogP contribution in [0.15, 0.2) is 24.4 Å². The summed E-state index contributed by atoms with van der Waals surface area (Å²) < 4.78 is 2.21. The lowest BCUT2D eigenvalue weighted by Gasteiger charge is -2.42. The van der Waals surface area contributed by atoms with Crippen LogP contribution in [0.3, 0.4) is 0 Å². The molecule has 1 atom stereocenters. The van der Waals surface area contributed by atoms with Crippen molar-refractivity contribution in [1.82, 2.24) is 14.3 Å². The van der Waals surface area contributed by atoms with E-state index in [0.717, 1.165) is 37.4 Å². The molecule has 2 aromatic heterocycles. The van der Waals surface area contributed by atoms with E-state index in [2.05, 4.69) is 53.4 Å². The predicted octanol–water partition coefficient (Wildman–Crippen LogP) is 2.20. The minimum absolute atomic E-state index is 0.187. The van der Waals surface area contributed by atoms with E-state index in [4.69, 9.17) is 5.73 Å². The van der Waals surface area contributed by atoms with Crippen LogP contribution in [0.25, 0.3) is 5.65 Å². The summed E-state index contributed by atoms with van der Waals surface area (Å²) >= 11 is 0. The average molecular weight is 272 g/mol. The first kappa shape index (κ1) is 13.6. The Bertz CT molecular complexity index is 614. The summed E-state index contributed by atoms with van der Waals surface area (Å²) in [5.74, 6) is 0. The van der Waals surface area contributed by atoms with Crippen LogP contribution in [-0.4, -0.2) is 33.4 Å². The highest BCUT2D eigenvalue weighted by Crippen LogP contribution is 2.29. The first-order valence-electron chi connectivity index (χ1n) is 7.38. The highest BCUT2D eigenvalue weighted by molar-refractivity contribution is 5.42. The largest absolute Gasteiger partial charge is 0.327 e. The molecule has 0 saturated carbocycles. The van der Waals surface area contributed by atoms with E-state index in [1.807, 2.05) is 6.07 Å². The maximum Gasteiger partial charge on any atom is 0.137 e. The number of imidazole rings is 1. The first-order chi connectivity index (χ1) is 9.47. The lowest BCUT2D eigenvalue weighted by atomic mass is 9.79. The van der Waals surface area contributed by atoms with Gasteiger partial charge in [-0.05, 0) is 30.9 Å². The zero-order valence-electron chi connectivity index (χ0n) is 12.6. The minimum Gasteiger partial charge on any atom is -0.327 e. The molecule has 1 unspecified atom stereocenters. The average Bonchev–Trinajstić information content (AvgIpc) is 2.70. The molecule has 2 aromatic rings. The normalized spacial score (nSPS) is 23.3. The van der Waals surface area contributed by atoms with Crippen molar-refractivity contribution in [2.24, 2.45) is 11.1 Å². The van der Waals surface area contributed by atoms with Gasteiger partial charge in [-0.2, -0.15) is 0 Å². The molecule has 1 aliphatic rings. The Hall–Kier alpha value is -1.39. The number of likely N-dealkylation sites (tertiary alicyclic amines) is 1. The lowest BCUT2D eigenvalue weighted by Crippen LogP contribution is -2.52. The predicted molar refractivity (Wildman–Crippen MR) is 81.6 cm³/mol. The van der Waals surface area contributed by atoms with Crippen molar-refractivity contribution in [2.75, 3.05) is 13.1 Å². The van der Waals surface area contributed by atoms with Crippen LogP contribution >= 0.6 is 0 Å². The maximum absolute atomic E-state index is 6.22. The van der Waals surface area contributed by atoms with Gasteiger partial charge in [0.2, 0.25) is 0 Å². The fraction of sp³-hybridized carbons (Fsp3) is 0.562. The number of hydrogen-bond acceptors (Lipinski definition) is 3. The summed E-state index contributed by atoms with van der Waals surface area (Å²) in [4.78, 5) is 7.15. The van der Waals surface area contributed by atoms with Gasteiger partial charge in [-0.25, -0.2) is 4.98 Å². The van der Waals surface area contributed by atoms with Crippen LogP contribution in [0.1, 0.15) is 31.7 Å². The topological polar surface area (TPSA) is 46.6 Å². The SMILES string of the molecule is Cc1nc2ccccn2c1CN1CCC(N)C(C)(C)C1. The molecule has 1 fully saturated rings. The van der Waals surface area contributed by atoms with Gasteiger partial charge in [-0.3, -0.25) is 4.90 Å². The van der Waals surface area contributed by atoms with Crippen LogP contribution in [-0.2, 0) is 6.54 Å². The first-order valence-corrected chi connectivity index (χ1v) is 7.38.